The van der Waals surface area contributed by atoms with Gasteiger partial charge in [-0.2, -0.15) is 0 Å². The van der Waals surface area contributed by atoms with Gasteiger partial charge >= 0.3 is 0 Å². The van der Waals surface area contributed by atoms with Gasteiger partial charge in [-0.1, -0.05) is 12.2 Å². The van der Waals surface area contributed by atoms with Crippen LogP contribution in [0.25, 0.3) is 0 Å². The fourth-order valence-corrected chi connectivity index (χ4v) is 3.97. The van der Waals surface area contributed by atoms with Crippen molar-refractivity contribution < 1.29 is 44.5 Å². The molecule has 136 valence electrons. The molecule has 0 saturated carbocycles. The molecule has 5 aliphatic rings. The van der Waals surface area contributed by atoms with E-state index in [-0.39, 0.29) is 12.5 Å². The first kappa shape index (κ1) is 16.8. The molecule has 10 unspecified atom stereocenters. The van der Waals surface area contributed by atoms with Gasteiger partial charge in [0.05, 0.1) is 19.1 Å². The highest BCUT2D eigenvalue weighted by Crippen LogP contribution is 2.48. The fourth-order valence-electron chi connectivity index (χ4n) is 3.97. The zero-order chi connectivity index (χ0) is 17.1. The van der Waals surface area contributed by atoms with Gasteiger partial charge < -0.3 is 44.5 Å². The molecule has 0 amide bonds. The number of fused-ring (bicyclic) bond motifs is 2. The molecule has 5 rings (SSSR count). The van der Waals surface area contributed by atoms with Crippen LogP contribution >= 0.6 is 0 Å². The minimum atomic E-state index is -1.53. The van der Waals surface area contributed by atoms with Crippen LogP contribution in [-0.2, 0) is 18.9 Å². The third-order valence-corrected chi connectivity index (χ3v) is 5.33. The molecule has 0 radical (unpaired) electrons. The van der Waals surface area contributed by atoms with E-state index in [1.165, 1.54) is 0 Å². The maximum atomic E-state index is 10.7. The van der Waals surface area contributed by atoms with E-state index in [1.807, 2.05) is 6.08 Å². The summed E-state index contributed by atoms with van der Waals surface area (Å²) in [5.41, 5.74) is -1.23. The molecule has 4 heterocycles. The first-order chi connectivity index (χ1) is 11.4. The lowest BCUT2D eigenvalue weighted by atomic mass is 9.82. The van der Waals surface area contributed by atoms with E-state index in [4.69, 9.17) is 18.9 Å². The maximum absolute atomic E-state index is 10.7. The fraction of sp³-hybridized carbons (Fsp3) is 0.867. The summed E-state index contributed by atoms with van der Waals surface area (Å²) in [6.07, 6.45) is -4.16. The quantitative estimate of drug-likeness (QED) is 0.349. The highest BCUT2D eigenvalue weighted by Gasteiger charge is 2.57. The van der Waals surface area contributed by atoms with Gasteiger partial charge in [-0.25, -0.2) is 0 Å². The van der Waals surface area contributed by atoms with Crippen LogP contribution in [-0.4, -0.2) is 87.6 Å². The Morgan fingerprint density at radius 1 is 1.08 bits per heavy atom. The summed E-state index contributed by atoms with van der Waals surface area (Å²) >= 11 is 0. The Morgan fingerprint density at radius 2 is 1.88 bits per heavy atom. The molecule has 9 nitrogen and oxygen atoms in total. The van der Waals surface area contributed by atoms with E-state index in [2.05, 4.69) is 0 Å². The topological polar surface area (TPSA) is 138 Å². The Balaban J connectivity index is 1.53. The van der Waals surface area contributed by atoms with Gasteiger partial charge in [-0.3, -0.25) is 0 Å². The Bertz CT molecular complexity index is 511. The smallest absolute Gasteiger partial charge is 0.189 e. The number of aliphatic hydroxyl groups excluding tert-OH is 4. The van der Waals surface area contributed by atoms with Crippen LogP contribution in [0.3, 0.4) is 0 Å². The van der Waals surface area contributed by atoms with Crippen molar-refractivity contribution in [2.75, 3.05) is 13.2 Å². The van der Waals surface area contributed by atoms with Gasteiger partial charge in [-0.15, -0.1) is 0 Å². The Kier molecular flexibility index (Phi) is 4.19. The van der Waals surface area contributed by atoms with Gasteiger partial charge in [0, 0.05) is 6.42 Å². The van der Waals surface area contributed by atoms with E-state index in [9.17, 15) is 25.5 Å². The van der Waals surface area contributed by atoms with Crippen LogP contribution in [0.2, 0.25) is 0 Å². The highest BCUT2D eigenvalue weighted by atomic mass is 16.8. The van der Waals surface area contributed by atoms with Gasteiger partial charge in [0.1, 0.15) is 30.0 Å². The summed E-state index contributed by atoms with van der Waals surface area (Å²) < 4.78 is 22.3. The monoisotopic (exact) mass is 346 g/mol. The molecule has 4 saturated heterocycles. The summed E-state index contributed by atoms with van der Waals surface area (Å²) in [4.78, 5) is 0. The molecule has 24 heavy (non-hydrogen) atoms. The van der Waals surface area contributed by atoms with Crippen molar-refractivity contribution in [3.63, 3.8) is 0 Å². The lowest BCUT2D eigenvalue weighted by Gasteiger charge is -2.44. The predicted molar refractivity (Wildman–Crippen MR) is 75.2 cm³/mol. The van der Waals surface area contributed by atoms with Crippen LogP contribution in [0.15, 0.2) is 12.2 Å². The van der Waals surface area contributed by atoms with Crippen molar-refractivity contribution >= 4 is 0 Å². The first-order valence-electron chi connectivity index (χ1n) is 8.08. The van der Waals surface area contributed by atoms with E-state index in [1.54, 1.807) is 6.08 Å². The predicted octanol–water partition coefficient (Wildman–Crippen LogP) is -2.56. The molecule has 5 N–H and O–H groups in total. The molecule has 4 fully saturated rings. The van der Waals surface area contributed by atoms with Crippen molar-refractivity contribution in [1.82, 2.24) is 0 Å². The van der Waals surface area contributed by atoms with Crippen LogP contribution in [0.5, 0.6) is 0 Å². The number of hydrogen-bond donors (Lipinski definition) is 5. The van der Waals surface area contributed by atoms with E-state index in [0.29, 0.717) is 6.42 Å². The lowest BCUT2D eigenvalue weighted by Crippen LogP contribution is -2.61. The van der Waals surface area contributed by atoms with Gasteiger partial charge in [0.25, 0.3) is 0 Å². The van der Waals surface area contributed by atoms with Crippen molar-refractivity contribution in [3.05, 3.63) is 12.2 Å². The SMILES string of the molecule is OCC1OC(OC2OC3CC4C=CC(O)(CO3)C42)C(O)C(O)C1O. The number of rotatable bonds is 3. The van der Waals surface area contributed by atoms with Crippen LogP contribution in [0, 0.1) is 11.8 Å². The summed E-state index contributed by atoms with van der Waals surface area (Å²) in [5, 5.41) is 49.7. The molecule has 0 aromatic heterocycles. The largest absolute Gasteiger partial charge is 0.394 e. The summed E-state index contributed by atoms with van der Waals surface area (Å²) in [6.45, 7) is -0.455. The number of hydrogen-bond acceptors (Lipinski definition) is 9. The standard InChI is InChI=1S/C15H22O9/c16-4-7-10(17)11(18)12(19)14(22-7)24-13-9-6-1-2-15(9,20)5-21-8(3-6)23-13/h1-2,6-14,16-20H,3-5H2. The average Bonchev–Trinajstić information content (AvgIpc) is 2.76. The second kappa shape index (κ2) is 5.97. The molecule has 4 bridgehead atoms. The molecule has 1 aliphatic carbocycles. The molecule has 10 atom stereocenters. The third kappa shape index (κ3) is 2.52. The number of ether oxygens (including phenoxy) is 4. The second-order valence-corrected chi connectivity index (χ2v) is 6.85. The molecule has 4 aliphatic heterocycles. The van der Waals surface area contributed by atoms with Crippen LogP contribution < -0.4 is 0 Å². The van der Waals surface area contributed by atoms with E-state index >= 15 is 0 Å². The molecular weight excluding hydrogens is 324 g/mol. The third-order valence-electron chi connectivity index (χ3n) is 5.33. The van der Waals surface area contributed by atoms with Gasteiger partial charge in [-0.05, 0) is 5.92 Å². The minimum Gasteiger partial charge on any atom is -0.394 e. The maximum Gasteiger partial charge on any atom is 0.189 e. The number of allylic oxidation sites excluding steroid dienone is 1. The molecule has 0 aromatic carbocycles. The Hall–Kier alpha value is -0.620. The molecular formula is C15H22O9. The Labute approximate surface area is 138 Å². The first-order valence-corrected chi connectivity index (χ1v) is 8.08. The zero-order valence-corrected chi connectivity index (χ0v) is 12.8. The van der Waals surface area contributed by atoms with Crippen LogP contribution in [0.4, 0.5) is 0 Å². The summed E-state index contributed by atoms with van der Waals surface area (Å²) in [7, 11) is 0. The van der Waals surface area contributed by atoms with Crippen molar-refractivity contribution in [1.29, 1.82) is 0 Å². The second-order valence-electron chi connectivity index (χ2n) is 6.85. The molecule has 9 heteroatoms. The highest BCUT2D eigenvalue weighted by molar-refractivity contribution is 5.20. The number of aliphatic hydroxyl groups is 5. The lowest BCUT2D eigenvalue weighted by molar-refractivity contribution is -0.368. The van der Waals surface area contributed by atoms with E-state index in [0.717, 1.165) is 0 Å². The van der Waals surface area contributed by atoms with Crippen molar-refractivity contribution in [3.8, 4) is 0 Å². The van der Waals surface area contributed by atoms with Gasteiger partial charge in [0.2, 0.25) is 0 Å². The molecule has 0 aromatic rings. The van der Waals surface area contributed by atoms with Crippen LogP contribution in [0.1, 0.15) is 6.42 Å². The minimum absolute atomic E-state index is 0.00568. The zero-order valence-electron chi connectivity index (χ0n) is 12.8. The summed E-state index contributed by atoms with van der Waals surface area (Å²) in [5.74, 6) is -0.422. The molecule has 0 spiro atoms. The normalized spacial score (nSPS) is 56.5. The van der Waals surface area contributed by atoms with Gasteiger partial charge in [0.15, 0.2) is 18.9 Å². The van der Waals surface area contributed by atoms with Crippen molar-refractivity contribution in [2.24, 2.45) is 11.8 Å². The average molecular weight is 346 g/mol. The Morgan fingerprint density at radius 3 is 2.62 bits per heavy atom. The van der Waals surface area contributed by atoms with E-state index < -0.39 is 61.4 Å². The van der Waals surface area contributed by atoms with Crippen molar-refractivity contribution in [2.45, 2.75) is 55.3 Å². The summed E-state index contributed by atoms with van der Waals surface area (Å²) in [6, 6.07) is 0.